The lowest BCUT2D eigenvalue weighted by Crippen LogP contribution is -2.47. The number of nitro benzene ring substituents is 1. The molecule has 0 unspecified atom stereocenters. The van der Waals surface area contributed by atoms with Crippen LogP contribution < -0.4 is 14.7 Å². The number of nitro groups is 1. The predicted molar refractivity (Wildman–Crippen MR) is 134 cm³/mol. The van der Waals surface area contributed by atoms with E-state index >= 15 is 0 Å². The van der Waals surface area contributed by atoms with Crippen LogP contribution in [0.5, 0.6) is 0 Å². The molecule has 2 aromatic carbocycles. The van der Waals surface area contributed by atoms with Gasteiger partial charge in [-0.1, -0.05) is 24.3 Å². The zero-order valence-electron chi connectivity index (χ0n) is 19.9. The second-order valence-corrected chi connectivity index (χ2v) is 10.1. The van der Waals surface area contributed by atoms with Gasteiger partial charge in [-0.05, 0) is 61.4 Å². The number of hydrogen-bond acceptors (Lipinski definition) is 6. The van der Waals surface area contributed by atoms with Gasteiger partial charge in [0.1, 0.15) is 5.69 Å². The minimum Gasteiger partial charge on any atom is -0.368 e. The minimum atomic E-state index is -0.410. The summed E-state index contributed by atoms with van der Waals surface area (Å²) in [6, 6.07) is 11.1. The molecule has 0 N–H and O–H groups in total. The monoisotopic (exact) mass is 472 g/mol. The number of anilines is 3. The third-order valence-electron chi connectivity index (χ3n) is 8.42. The van der Waals surface area contributed by atoms with Gasteiger partial charge in [0.2, 0.25) is 11.8 Å². The highest BCUT2D eigenvalue weighted by atomic mass is 16.6. The summed E-state index contributed by atoms with van der Waals surface area (Å²) in [6.07, 6.45) is 4.95. The summed E-state index contributed by atoms with van der Waals surface area (Å²) in [7, 11) is 0. The van der Waals surface area contributed by atoms with E-state index in [-0.39, 0.29) is 41.2 Å². The van der Waals surface area contributed by atoms with Crippen LogP contribution in [0.1, 0.15) is 17.5 Å². The van der Waals surface area contributed by atoms with E-state index in [1.165, 1.54) is 27.8 Å². The van der Waals surface area contributed by atoms with Gasteiger partial charge in [0.15, 0.2) is 0 Å². The number of aryl methyl sites for hydroxylation is 1. The average Bonchev–Trinajstić information content (AvgIpc) is 3.54. The molecule has 8 nitrogen and oxygen atoms in total. The van der Waals surface area contributed by atoms with E-state index in [0.717, 1.165) is 19.5 Å². The van der Waals surface area contributed by atoms with Crippen molar-refractivity contribution in [1.29, 1.82) is 0 Å². The van der Waals surface area contributed by atoms with Crippen molar-refractivity contribution in [3.05, 3.63) is 69.8 Å². The number of fused-ring (bicyclic) bond motifs is 5. The maximum Gasteiger partial charge on any atom is 0.294 e. The fraction of sp³-hybridized carbons (Fsp3) is 0.407. The summed E-state index contributed by atoms with van der Waals surface area (Å²) in [6.45, 7) is 7.03. The zero-order chi connectivity index (χ0) is 24.4. The van der Waals surface area contributed by atoms with Crippen LogP contribution in [0.3, 0.4) is 0 Å². The number of imide groups is 1. The van der Waals surface area contributed by atoms with Gasteiger partial charge in [0, 0.05) is 37.9 Å². The summed E-state index contributed by atoms with van der Waals surface area (Å²) in [4.78, 5) is 43.5. The van der Waals surface area contributed by atoms with Crippen molar-refractivity contribution in [3.8, 4) is 0 Å². The van der Waals surface area contributed by atoms with Crippen molar-refractivity contribution in [2.24, 2.45) is 23.7 Å². The number of carbonyl (C=O) groups excluding carboxylic acids is 2. The second-order valence-electron chi connectivity index (χ2n) is 10.1. The van der Waals surface area contributed by atoms with Gasteiger partial charge >= 0.3 is 0 Å². The molecule has 2 saturated heterocycles. The molecule has 1 saturated carbocycles. The topological polar surface area (TPSA) is 87.0 Å². The van der Waals surface area contributed by atoms with Crippen LogP contribution >= 0.6 is 0 Å². The van der Waals surface area contributed by atoms with E-state index in [4.69, 9.17) is 0 Å². The van der Waals surface area contributed by atoms with Crippen LogP contribution in [-0.2, 0) is 9.59 Å². The predicted octanol–water partition coefficient (Wildman–Crippen LogP) is 3.85. The molecule has 0 aromatic heterocycles. The third kappa shape index (κ3) is 3.26. The van der Waals surface area contributed by atoms with Crippen LogP contribution in [-0.4, -0.2) is 42.9 Å². The highest BCUT2D eigenvalue weighted by Gasteiger charge is 2.59. The standard InChI is InChI=1S/C27H28N4O4/c1-16-4-3-5-21(17(16)2)28-10-12-29(13-11-28)22-9-8-20(15-23(22)31(34)35)30-26(32)24-18-6-7-19(14-18)25(24)27(30)33/h3-9,15,18-19,24-25H,10-14H2,1-2H3/t18-,19-,24-,25+/m0/s1. The molecule has 2 heterocycles. The summed E-state index contributed by atoms with van der Waals surface area (Å²) in [5.74, 6) is -0.881. The van der Waals surface area contributed by atoms with Crippen molar-refractivity contribution in [2.45, 2.75) is 20.3 Å². The maximum absolute atomic E-state index is 13.2. The molecule has 3 fully saturated rings. The van der Waals surface area contributed by atoms with Crippen LogP contribution in [0, 0.1) is 47.6 Å². The van der Waals surface area contributed by atoms with Gasteiger partial charge < -0.3 is 9.80 Å². The second kappa shape index (κ2) is 7.93. The Labute approximate surface area is 204 Å². The lowest BCUT2D eigenvalue weighted by molar-refractivity contribution is -0.384. The normalized spacial score (nSPS) is 27.2. The third-order valence-corrected chi connectivity index (χ3v) is 8.42. The van der Waals surface area contributed by atoms with Crippen molar-refractivity contribution in [2.75, 3.05) is 40.9 Å². The first kappa shape index (κ1) is 21.8. The Morgan fingerprint density at radius 1 is 0.857 bits per heavy atom. The Balaban J connectivity index is 1.24. The number of hydrogen-bond donors (Lipinski definition) is 0. The quantitative estimate of drug-likeness (QED) is 0.291. The molecule has 4 atom stereocenters. The lowest BCUT2D eigenvalue weighted by Gasteiger charge is -2.38. The van der Waals surface area contributed by atoms with E-state index in [2.05, 4.69) is 36.9 Å². The molecule has 2 amide bonds. The highest BCUT2D eigenvalue weighted by molar-refractivity contribution is 6.23. The molecule has 2 aliphatic heterocycles. The fourth-order valence-electron chi connectivity index (χ4n) is 6.49. The van der Waals surface area contributed by atoms with E-state index in [9.17, 15) is 19.7 Å². The Bertz CT molecular complexity index is 1250. The van der Waals surface area contributed by atoms with E-state index < -0.39 is 4.92 Å². The van der Waals surface area contributed by atoms with Crippen molar-refractivity contribution in [3.63, 3.8) is 0 Å². The molecule has 0 spiro atoms. The number of rotatable bonds is 4. The number of carbonyl (C=O) groups is 2. The van der Waals surface area contributed by atoms with Crippen LogP contribution in [0.4, 0.5) is 22.7 Å². The van der Waals surface area contributed by atoms with Crippen LogP contribution in [0.25, 0.3) is 0 Å². The summed E-state index contributed by atoms with van der Waals surface area (Å²) in [5.41, 5.74) is 4.47. The summed E-state index contributed by atoms with van der Waals surface area (Å²) >= 11 is 0. The van der Waals surface area contributed by atoms with Crippen molar-refractivity contribution < 1.29 is 14.5 Å². The molecular formula is C27H28N4O4. The largest absolute Gasteiger partial charge is 0.368 e. The van der Waals surface area contributed by atoms with Gasteiger partial charge in [-0.2, -0.15) is 0 Å². The van der Waals surface area contributed by atoms with E-state index in [1.54, 1.807) is 12.1 Å². The molecule has 4 aliphatic rings. The van der Waals surface area contributed by atoms with E-state index in [0.29, 0.717) is 24.5 Å². The smallest absolute Gasteiger partial charge is 0.294 e. The highest BCUT2D eigenvalue weighted by Crippen LogP contribution is 2.53. The van der Waals surface area contributed by atoms with Crippen LogP contribution in [0.2, 0.25) is 0 Å². The van der Waals surface area contributed by atoms with Gasteiger partial charge in [-0.25, -0.2) is 4.90 Å². The SMILES string of the molecule is Cc1cccc(N2CCN(c3ccc(N4C(=O)[C@@H]5[C@H](C4=O)[C@H]4C=C[C@H]5C4)cc3[N+](=O)[O-])CC2)c1C. The number of nitrogens with zero attached hydrogens (tertiary/aromatic N) is 4. The summed E-state index contributed by atoms with van der Waals surface area (Å²) in [5, 5.41) is 12.0. The molecule has 6 rings (SSSR count). The Morgan fingerprint density at radius 3 is 2.06 bits per heavy atom. The van der Waals surface area contributed by atoms with Crippen molar-refractivity contribution >= 4 is 34.6 Å². The van der Waals surface area contributed by atoms with Gasteiger partial charge in [-0.3, -0.25) is 19.7 Å². The lowest BCUT2D eigenvalue weighted by atomic mass is 9.85. The Morgan fingerprint density at radius 2 is 1.46 bits per heavy atom. The number of benzene rings is 2. The molecule has 2 bridgehead atoms. The van der Waals surface area contributed by atoms with Gasteiger partial charge in [-0.15, -0.1) is 0 Å². The van der Waals surface area contributed by atoms with Gasteiger partial charge in [0.25, 0.3) is 5.69 Å². The van der Waals surface area contributed by atoms with Crippen LogP contribution in [0.15, 0.2) is 48.6 Å². The number of allylic oxidation sites excluding steroid dienone is 2. The van der Waals surface area contributed by atoms with E-state index in [1.807, 2.05) is 17.1 Å². The fourth-order valence-corrected chi connectivity index (χ4v) is 6.49. The molecule has 0 radical (unpaired) electrons. The number of amides is 2. The molecule has 8 heteroatoms. The maximum atomic E-state index is 13.2. The van der Waals surface area contributed by atoms with Crippen molar-refractivity contribution in [1.82, 2.24) is 0 Å². The first-order chi connectivity index (χ1) is 16.8. The Hall–Kier alpha value is -3.68. The minimum absolute atomic E-state index is 0.0681. The molecule has 2 aromatic rings. The first-order valence-electron chi connectivity index (χ1n) is 12.3. The summed E-state index contributed by atoms with van der Waals surface area (Å²) < 4.78 is 0. The zero-order valence-corrected chi connectivity index (χ0v) is 19.9. The number of piperazine rings is 1. The molecular weight excluding hydrogens is 444 g/mol. The van der Waals surface area contributed by atoms with Gasteiger partial charge in [0.05, 0.1) is 22.4 Å². The molecule has 2 aliphatic carbocycles. The first-order valence-corrected chi connectivity index (χ1v) is 12.3. The molecule has 180 valence electrons. The Kier molecular flexibility index (Phi) is 4.95. The molecule has 35 heavy (non-hydrogen) atoms. The average molecular weight is 473 g/mol.